The summed E-state index contributed by atoms with van der Waals surface area (Å²) in [6, 6.07) is 4.60. The van der Waals surface area contributed by atoms with E-state index in [0.29, 0.717) is 25.8 Å². The summed E-state index contributed by atoms with van der Waals surface area (Å²) in [6.45, 7) is 0. The molecule has 2 aromatic rings. The van der Waals surface area contributed by atoms with E-state index in [1.807, 2.05) is 0 Å². The number of rotatable bonds is 4. The number of nitro benzene ring substituents is 1. The second kappa shape index (κ2) is 5.51. The van der Waals surface area contributed by atoms with E-state index in [-0.39, 0.29) is 5.69 Å². The lowest BCUT2D eigenvalue weighted by atomic mass is 10.2. The van der Waals surface area contributed by atoms with Crippen LogP contribution in [0.4, 0.5) is 10.8 Å². The summed E-state index contributed by atoms with van der Waals surface area (Å²) in [5.41, 5.74) is 6.04. The number of thioether (sulfide) groups is 1. The van der Waals surface area contributed by atoms with Crippen LogP contribution in [0.1, 0.15) is 5.56 Å². The highest BCUT2D eigenvalue weighted by Gasteiger charge is 2.15. The molecular weight excluding hydrogens is 296 g/mol. The lowest BCUT2D eigenvalue weighted by Crippen LogP contribution is -1.94. The van der Waals surface area contributed by atoms with Gasteiger partial charge in [-0.2, -0.15) is 0 Å². The Labute approximate surface area is 115 Å². The van der Waals surface area contributed by atoms with Gasteiger partial charge in [-0.05, 0) is 12.1 Å². The summed E-state index contributed by atoms with van der Waals surface area (Å²) in [5.74, 6) is 0.419. The molecule has 0 bridgehead atoms. The van der Waals surface area contributed by atoms with E-state index in [0.717, 1.165) is 0 Å². The van der Waals surface area contributed by atoms with Crippen molar-refractivity contribution in [2.24, 2.45) is 0 Å². The average molecular weight is 303 g/mol. The van der Waals surface area contributed by atoms with E-state index >= 15 is 0 Å². The first kappa shape index (κ1) is 13.1. The van der Waals surface area contributed by atoms with E-state index in [4.69, 9.17) is 17.3 Å². The third kappa shape index (κ3) is 3.09. The first-order valence-electron chi connectivity index (χ1n) is 4.71. The van der Waals surface area contributed by atoms with E-state index < -0.39 is 4.92 Å². The Morgan fingerprint density at radius 2 is 2.28 bits per heavy atom. The Morgan fingerprint density at radius 1 is 1.50 bits per heavy atom. The molecule has 1 aromatic heterocycles. The fourth-order valence-electron chi connectivity index (χ4n) is 1.25. The molecule has 2 rings (SSSR count). The van der Waals surface area contributed by atoms with Crippen LogP contribution in [0.3, 0.4) is 0 Å². The molecule has 0 saturated heterocycles. The molecule has 0 spiro atoms. The molecule has 1 heterocycles. The van der Waals surface area contributed by atoms with Gasteiger partial charge < -0.3 is 5.73 Å². The van der Waals surface area contributed by atoms with Crippen LogP contribution in [0, 0.1) is 10.1 Å². The van der Waals surface area contributed by atoms with Crippen molar-refractivity contribution in [3.63, 3.8) is 0 Å². The second-order valence-electron chi connectivity index (χ2n) is 3.23. The number of halogens is 1. The SMILES string of the molecule is Nc1nnc(SCc2ccc(Cl)cc2[N+](=O)[O-])s1. The molecule has 0 amide bonds. The van der Waals surface area contributed by atoms with Gasteiger partial charge >= 0.3 is 0 Å². The number of nitrogens with zero attached hydrogens (tertiary/aromatic N) is 3. The lowest BCUT2D eigenvalue weighted by molar-refractivity contribution is -0.385. The van der Waals surface area contributed by atoms with Crippen LogP contribution in [-0.2, 0) is 5.75 Å². The monoisotopic (exact) mass is 302 g/mol. The molecule has 0 fully saturated rings. The molecule has 0 aliphatic heterocycles. The number of hydrogen-bond donors (Lipinski definition) is 1. The van der Waals surface area contributed by atoms with Gasteiger partial charge in [-0.3, -0.25) is 10.1 Å². The van der Waals surface area contributed by atoms with Gasteiger partial charge in [0.1, 0.15) is 0 Å². The zero-order valence-electron chi connectivity index (χ0n) is 8.87. The van der Waals surface area contributed by atoms with E-state index in [9.17, 15) is 10.1 Å². The van der Waals surface area contributed by atoms with Gasteiger partial charge in [-0.25, -0.2) is 0 Å². The summed E-state index contributed by atoms with van der Waals surface area (Å²) in [5, 5.41) is 19.1. The smallest absolute Gasteiger partial charge is 0.274 e. The summed E-state index contributed by atoms with van der Waals surface area (Å²) >= 11 is 8.33. The molecule has 9 heteroatoms. The van der Waals surface area contributed by atoms with Crippen LogP contribution < -0.4 is 5.73 Å². The molecular formula is C9H7ClN4O2S2. The zero-order chi connectivity index (χ0) is 13.1. The number of anilines is 1. The highest BCUT2D eigenvalue weighted by Crippen LogP contribution is 2.31. The second-order valence-corrected chi connectivity index (χ2v) is 5.89. The van der Waals surface area contributed by atoms with Crippen molar-refractivity contribution >= 4 is 45.5 Å². The van der Waals surface area contributed by atoms with Gasteiger partial charge in [0.05, 0.1) is 4.92 Å². The molecule has 2 N–H and O–H groups in total. The fraction of sp³-hybridized carbons (Fsp3) is 0.111. The minimum absolute atomic E-state index is 0.00693. The minimum atomic E-state index is -0.448. The van der Waals surface area contributed by atoms with Crippen LogP contribution in [0.25, 0.3) is 0 Å². The van der Waals surface area contributed by atoms with Crippen molar-refractivity contribution in [2.75, 3.05) is 5.73 Å². The maximum absolute atomic E-state index is 10.9. The number of nitro groups is 1. The van der Waals surface area contributed by atoms with Crippen molar-refractivity contribution in [1.29, 1.82) is 0 Å². The van der Waals surface area contributed by atoms with Gasteiger partial charge in [0, 0.05) is 22.4 Å². The van der Waals surface area contributed by atoms with Crippen molar-refractivity contribution in [1.82, 2.24) is 10.2 Å². The van der Waals surface area contributed by atoms with Gasteiger partial charge in [-0.1, -0.05) is 34.7 Å². The molecule has 18 heavy (non-hydrogen) atoms. The molecule has 6 nitrogen and oxygen atoms in total. The highest BCUT2D eigenvalue weighted by atomic mass is 35.5. The van der Waals surface area contributed by atoms with Gasteiger partial charge in [0.25, 0.3) is 5.69 Å². The highest BCUT2D eigenvalue weighted by molar-refractivity contribution is 8.00. The molecule has 0 unspecified atom stereocenters. The fourth-order valence-corrected chi connectivity index (χ4v) is 3.05. The molecule has 0 radical (unpaired) electrons. The Bertz CT molecular complexity index is 590. The van der Waals surface area contributed by atoms with E-state index in [2.05, 4.69) is 10.2 Å². The van der Waals surface area contributed by atoms with Gasteiger partial charge in [-0.15, -0.1) is 10.2 Å². The summed E-state index contributed by atoms with van der Waals surface area (Å²) in [7, 11) is 0. The predicted octanol–water partition coefficient (Wildman–Crippen LogP) is 2.97. The Hall–Kier alpha value is -1.38. The first-order valence-corrected chi connectivity index (χ1v) is 6.89. The normalized spacial score (nSPS) is 10.5. The van der Waals surface area contributed by atoms with Crippen molar-refractivity contribution in [2.45, 2.75) is 10.1 Å². The summed E-state index contributed by atoms with van der Waals surface area (Å²) < 4.78 is 0.678. The van der Waals surface area contributed by atoms with Crippen molar-refractivity contribution in [3.8, 4) is 0 Å². The maximum Gasteiger partial charge on any atom is 0.274 e. The summed E-state index contributed by atoms with van der Waals surface area (Å²) in [6.07, 6.45) is 0. The molecule has 0 aliphatic carbocycles. The third-order valence-electron chi connectivity index (χ3n) is 2.02. The molecule has 0 saturated carbocycles. The lowest BCUT2D eigenvalue weighted by Gasteiger charge is -2.01. The van der Waals surface area contributed by atoms with E-state index in [1.54, 1.807) is 12.1 Å². The van der Waals surface area contributed by atoms with Gasteiger partial charge in [0.2, 0.25) is 5.13 Å². The standard InChI is InChI=1S/C9H7ClN4O2S2/c10-6-2-1-5(7(3-6)14(15)16)4-17-9-13-12-8(11)18-9/h1-3H,4H2,(H2,11,12). The first-order chi connectivity index (χ1) is 8.56. The molecule has 0 atom stereocenters. The average Bonchev–Trinajstić information content (AvgIpc) is 2.73. The van der Waals surface area contributed by atoms with Crippen LogP contribution >= 0.6 is 34.7 Å². The van der Waals surface area contributed by atoms with Crippen molar-refractivity contribution in [3.05, 3.63) is 38.9 Å². The largest absolute Gasteiger partial charge is 0.374 e. The maximum atomic E-state index is 10.9. The van der Waals surface area contributed by atoms with Gasteiger partial charge in [0.15, 0.2) is 4.34 Å². The zero-order valence-corrected chi connectivity index (χ0v) is 11.3. The van der Waals surface area contributed by atoms with Crippen LogP contribution in [0.5, 0.6) is 0 Å². The van der Waals surface area contributed by atoms with Crippen LogP contribution in [0.2, 0.25) is 5.02 Å². The Balaban J connectivity index is 2.16. The van der Waals surface area contributed by atoms with E-state index in [1.165, 1.54) is 29.2 Å². The third-order valence-corrected chi connectivity index (χ3v) is 4.19. The minimum Gasteiger partial charge on any atom is -0.374 e. The topological polar surface area (TPSA) is 94.9 Å². The van der Waals surface area contributed by atoms with Crippen LogP contribution in [0.15, 0.2) is 22.5 Å². The molecule has 1 aromatic carbocycles. The van der Waals surface area contributed by atoms with Crippen molar-refractivity contribution < 1.29 is 4.92 Å². The number of aromatic nitrogens is 2. The van der Waals surface area contributed by atoms with Crippen LogP contribution in [-0.4, -0.2) is 15.1 Å². The number of nitrogens with two attached hydrogens (primary N) is 1. The summed E-state index contributed by atoms with van der Waals surface area (Å²) in [4.78, 5) is 10.4. The number of benzene rings is 1. The Kier molecular flexibility index (Phi) is 4.00. The number of nitrogen functional groups attached to an aromatic ring is 1. The number of hydrogen-bond acceptors (Lipinski definition) is 7. The molecule has 0 aliphatic rings. The predicted molar refractivity (Wildman–Crippen MR) is 72.0 cm³/mol. The quantitative estimate of drug-likeness (QED) is 0.530. The molecule has 94 valence electrons. The Morgan fingerprint density at radius 3 is 2.89 bits per heavy atom.